The number of hydrogen-bond acceptors (Lipinski definition) is 3. The molecule has 1 aromatic heterocycles. The summed E-state index contributed by atoms with van der Waals surface area (Å²) >= 11 is 5.62. The Balaban J connectivity index is 3.06. The Bertz CT molecular complexity index is 343. The molecule has 3 nitrogen and oxygen atoms in total. The second kappa shape index (κ2) is 4.16. The van der Waals surface area contributed by atoms with E-state index >= 15 is 0 Å². The quantitative estimate of drug-likeness (QED) is 0.682. The van der Waals surface area contributed by atoms with Gasteiger partial charge < -0.3 is 9.47 Å². The number of alkyl halides is 1. The lowest BCUT2D eigenvalue weighted by Crippen LogP contribution is -1.96. The Kier molecular flexibility index (Phi) is 1.96. The molecule has 1 aromatic rings. The Morgan fingerprint density at radius 1 is 1.67 bits per heavy atom. The van der Waals surface area contributed by atoms with E-state index in [4.69, 9.17) is 25.2 Å². The normalized spacial score (nSPS) is 14.3. The van der Waals surface area contributed by atoms with Crippen molar-refractivity contribution in [2.24, 2.45) is 0 Å². The second-order valence-corrected chi connectivity index (χ2v) is 2.29. The van der Waals surface area contributed by atoms with Crippen molar-refractivity contribution in [3.05, 3.63) is 18.0 Å². The van der Waals surface area contributed by atoms with Crippen LogP contribution in [0.5, 0.6) is 11.5 Å². The van der Waals surface area contributed by atoms with Crippen LogP contribution < -0.4 is 9.47 Å². The van der Waals surface area contributed by atoms with Crippen molar-refractivity contribution in [1.82, 2.24) is 4.98 Å². The molecule has 0 aliphatic carbocycles. The lowest BCUT2D eigenvalue weighted by atomic mass is 10.3. The molecule has 0 atom stereocenters. The van der Waals surface area contributed by atoms with Gasteiger partial charge in [-0.3, -0.25) is 4.98 Å². The largest absolute Gasteiger partial charge is 0.493 e. The van der Waals surface area contributed by atoms with E-state index in [1.165, 1.54) is 19.4 Å². The maximum atomic E-state index is 6.97. The fourth-order valence-electron chi connectivity index (χ4n) is 0.865. The van der Waals surface area contributed by atoms with Gasteiger partial charge in [0.25, 0.3) is 0 Å². The van der Waals surface area contributed by atoms with Crippen LogP contribution in [0.2, 0.25) is 0 Å². The number of nitrogens with zero attached hydrogens (tertiary/aromatic N) is 1. The van der Waals surface area contributed by atoms with Crippen LogP contribution in [0.15, 0.2) is 12.3 Å². The van der Waals surface area contributed by atoms with Crippen molar-refractivity contribution < 1.29 is 13.6 Å². The molecule has 1 heterocycles. The zero-order chi connectivity index (χ0) is 11.5. The highest BCUT2D eigenvalue weighted by atomic mass is 35.5. The van der Waals surface area contributed by atoms with Crippen LogP contribution in [0.3, 0.4) is 0 Å². The molecule has 0 spiro atoms. The SMILES string of the molecule is [2H]C([2H])([2H])Oc1ccnc(CCl)c1OC. The number of pyridine rings is 1. The third-order valence-corrected chi connectivity index (χ3v) is 1.64. The van der Waals surface area contributed by atoms with Gasteiger partial charge >= 0.3 is 0 Å². The average Bonchev–Trinajstić information content (AvgIpc) is 2.15. The molecule has 0 aliphatic heterocycles. The lowest BCUT2D eigenvalue weighted by molar-refractivity contribution is 0.350. The second-order valence-electron chi connectivity index (χ2n) is 2.02. The zero-order valence-electron chi connectivity index (χ0n) is 9.50. The molecule has 0 N–H and O–H groups in total. The van der Waals surface area contributed by atoms with Gasteiger partial charge in [0.15, 0.2) is 11.5 Å². The molecule has 0 saturated carbocycles. The van der Waals surface area contributed by atoms with Crippen molar-refractivity contribution in [2.45, 2.75) is 5.88 Å². The fourth-order valence-corrected chi connectivity index (χ4v) is 1.06. The van der Waals surface area contributed by atoms with Crippen molar-refractivity contribution >= 4 is 11.6 Å². The topological polar surface area (TPSA) is 31.4 Å². The molecule has 4 heteroatoms. The minimum absolute atomic E-state index is 0.114. The van der Waals surface area contributed by atoms with Gasteiger partial charge in [0.2, 0.25) is 0 Å². The van der Waals surface area contributed by atoms with Gasteiger partial charge in [0, 0.05) is 12.3 Å². The van der Waals surface area contributed by atoms with Gasteiger partial charge in [-0.05, 0) is 0 Å². The van der Waals surface area contributed by atoms with Crippen LogP contribution in [0.25, 0.3) is 0 Å². The van der Waals surface area contributed by atoms with Crippen LogP contribution in [-0.4, -0.2) is 19.1 Å². The molecule has 66 valence electrons. The number of halogens is 1. The van der Waals surface area contributed by atoms with Crippen LogP contribution in [0, 0.1) is 0 Å². The van der Waals surface area contributed by atoms with E-state index < -0.39 is 7.04 Å². The van der Waals surface area contributed by atoms with Crippen molar-refractivity contribution in [3.63, 3.8) is 0 Å². The number of methoxy groups -OCH3 is 2. The maximum Gasteiger partial charge on any atom is 0.183 e. The summed E-state index contributed by atoms with van der Waals surface area (Å²) in [7, 11) is -1.11. The number of ether oxygens (including phenoxy) is 2. The Hall–Kier alpha value is -0.960. The molecule has 0 radical (unpaired) electrons. The van der Waals surface area contributed by atoms with E-state index in [9.17, 15) is 0 Å². The first-order chi connectivity index (χ1) is 6.98. The predicted molar refractivity (Wildman–Crippen MR) is 46.9 cm³/mol. The molecule has 0 unspecified atom stereocenters. The van der Waals surface area contributed by atoms with Crippen LogP contribution in [-0.2, 0) is 5.88 Å². The molecule has 1 rings (SSSR count). The van der Waals surface area contributed by atoms with Crippen molar-refractivity contribution in [1.29, 1.82) is 0 Å². The Morgan fingerprint density at radius 3 is 3.08 bits per heavy atom. The van der Waals surface area contributed by atoms with Gasteiger partial charge in [-0.1, -0.05) is 0 Å². The third kappa shape index (κ3) is 1.61. The number of rotatable bonds is 3. The van der Waals surface area contributed by atoms with Gasteiger partial charge in [-0.25, -0.2) is 0 Å². The van der Waals surface area contributed by atoms with Crippen LogP contribution in [0.1, 0.15) is 9.81 Å². The highest BCUT2D eigenvalue weighted by Crippen LogP contribution is 2.29. The van der Waals surface area contributed by atoms with E-state index in [2.05, 4.69) is 4.98 Å². The average molecular weight is 191 g/mol. The summed E-state index contributed by atoms with van der Waals surface area (Å²) in [5, 5.41) is 0. The van der Waals surface area contributed by atoms with Gasteiger partial charge in [0.05, 0.1) is 24.1 Å². The van der Waals surface area contributed by atoms with E-state index in [1.807, 2.05) is 0 Å². The number of aromatic nitrogens is 1. The zero-order valence-corrected chi connectivity index (χ0v) is 7.26. The smallest absolute Gasteiger partial charge is 0.183 e. The molecule has 0 fully saturated rings. The molecule has 0 saturated heterocycles. The van der Waals surface area contributed by atoms with E-state index in [1.54, 1.807) is 0 Å². The summed E-state index contributed by atoms with van der Waals surface area (Å²) in [4.78, 5) is 3.94. The third-order valence-electron chi connectivity index (χ3n) is 1.38. The number of hydrogen-bond donors (Lipinski definition) is 0. The minimum Gasteiger partial charge on any atom is -0.493 e. The first-order valence-electron chi connectivity index (χ1n) is 4.75. The summed E-state index contributed by atoms with van der Waals surface area (Å²) in [6.45, 7) is 0. The highest BCUT2D eigenvalue weighted by Gasteiger charge is 2.08. The fraction of sp³-hybridized carbons (Fsp3) is 0.375. The Labute approximate surface area is 80.5 Å². The van der Waals surface area contributed by atoms with E-state index in [0.717, 1.165) is 0 Å². The van der Waals surface area contributed by atoms with Crippen molar-refractivity contribution in [2.75, 3.05) is 14.1 Å². The van der Waals surface area contributed by atoms with Gasteiger partial charge in [-0.15, -0.1) is 11.6 Å². The summed E-state index contributed by atoms with van der Waals surface area (Å²) < 4.78 is 30.6. The molecule has 0 amide bonds. The molecule has 0 bridgehead atoms. The van der Waals surface area contributed by atoms with Crippen LogP contribution >= 0.6 is 11.6 Å². The molecular weight excluding hydrogens is 178 g/mol. The summed E-state index contributed by atoms with van der Waals surface area (Å²) in [6.07, 6.45) is 1.42. The summed E-state index contributed by atoms with van der Waals surface area (Å²) in [5.41, 5.74) is 0.445. The Morgan fingerprint density at radius 2 is 2.50 bits per heavy atom. The first-order valence-corrected chi connectivity index (χ1v) is 3.78. The molecule has 0 aliphatic rings. The van der Waals surface area contributed by atoms with Gasteiger partial charge in [-0.2, -0.15) is 0 Å². The highest BCUT2D eigenvalue weighted by molar-refractivity contribution is 6.17. The monoisotopic (exact) mass is 190 g/mol. The molecular formula is C8H10ClNO2. The van der Waals surface area contributed by atoms with E-state index in [-0.39, 0.29) is 17.4 Å². The maximum absolute atomic E-state index is 6.97. The van der Waals surface area contributed by atoms with Crippen LogP contribution in [0.4, 0.5) is 0 Å². The minimum atomic E-state index is -2.52. The molecule has 0 aromatic carbocycles. The molecule has 12 heavy (non-hydrogen) atoms. The standard InChI is InChI=1S/C8H10ClNO2/c1-11-7-3-4-10-6(5-9)8(7)12-2/h3-4H,5H2,1-2H3/i1D3. The van der Waals surface area contributed by atoms with E-state index in [0.29, 0.717) is 5.69 Å². The predicted octanol–water partition coefficient (Wildman–Crippen LogP) is 1.84. The summed E-state index contributed by atoms with van der Waals surface area (Å²) in [5.74, 6) is 0.494. The first kappa shape index (κ1) is 5.65. The van der Waals surface area contributed by atoms with Crippen molar-refractivity contribution in [3.8, 4) is 11.5 Å². The lowest BCUT2D eigenvalue weighted by Gasteiger charge is -2.08. The van der Waals surface area contributed by atoms with Gasteiger partial charge in [0.1, 0.15) is 5.69 Å². The summed E-state index contributed by atoms with van der Waals surface area (Å²) in [6, 6.07) is 1.42.